The molecule has 1 amide bonds. The van der Waals surface area contributed by atoms with Crippen molar-refractivity contribution in [3.8, 4) is 0 Å². The monoisotopic (exact) mass is 225 g/mol. The zero-order chi connectivity index (χ0) is 12.1. The van der Waals surface area contributed by atoms with E-state index in [4.69, 9.17) is 10.2 Å². The number of likely N-dealkylation sites (N-methyl/N-ethyl adjacent to an activating group) is 1. The molecule has 0 bridgehead atoms. The van der Waals surface area contributed by atoms with E-state index in [1.165, 1.54) is 7.05 Å². The Balaban J connectivity index is 2.65. The van der Waals surface area contributed by atoms with E-state index in [9.17, 15) is 9.90 Å². The number of hydrogen-bond acceptors (Lipinski definition) is 3. The first-order valence-corrected chi connectivity index (χ1v) is 4.86. The van der Waals surface area contributed by atoms with Crippen LogP contribution in [0, 0.1) is 0 Å². The third kappa shape index (κ3) is 3.22. The molecule has 0 aliphatic carbocycles. The maximum Gasteiger partial charge on any atom is 0.407 e. The lowest BCUT2D eigenvalue weighted by molar-refractivity contribution is 0.108. The summed E-state index contributed by atoms with van der Waals surface area (Å²) < 4.78 is 0. The van der Waals surface area contributed by atoms with E-state index in [1.54, 1.807) is 24.3 Å². The smallest absolute Gasteiger partial charge is 0.407 e. The Bertz CT molecular complexity index is 350. The number of rotatable bonds is 4. The van der Waals surface area contributed by atoms with Crippen molar-refractivity contribution in [1.82, 2.24) is 4.90 Å². The van der Waals surface area contributed by atoms with E-state index in [0.29, 0.717) is 5.56 Å². The van der Waals surface area contributed by atoms with Gasteiger partial charge in [-0.25, -0.2) is 4.79 Å². The molecule has 88 valence electrons. The molecule has 0 saturated heterocycles. The van der Waals surface area contributed by atoms with Crippen LogP contribution in [0.5, 0.6) is 0 Å². The Morgan fingerprint density at radius 3 is 2.38 bits per heavy atom. The van der Waals surface area contributed by atoms with E-state index < -0.39 is 12.2 Å². The number of aliphatic hydroxyl groups is 2. The zero-order valence-electron chi connectivity index (χ0n) is 9.00. The molecule has 1 rings (SSSR count). The van der Waals surface area contributed by atoms with Crippen LogP contribution < -0.4 is 0 Å². The number of aliphatic hydroxyl groups excluding tert-OH is 2. The molecule has 3 N–H and O–H groups in total. The van der Waals surface area contributed by atoms with Gasteiger partial charge < -0.3 is 20.2 Å². The summed E-state index contributed by atoms with van der Waals surface area (Å²) in [5, 5.41) is 27.2. The van der Waals surface area contributed by atoms with E-state index in [-0.39, 0.29) is 13.2 Å². The van der Waals surface area contributed by atoms with Crippen molar-refractivity contribution >= 4 is 6.09 Å². The molecule has 1 unspecified atom stereocenters. The highest BCUT2D eigenvalue weighted by Gasteiger charge is 2.13. The molecule has 0 aliphatic rings. The molecular weight excluding hydrogens is 210 g/mol. The molecule has 0 saturated carbocycles. The summed E-state index contributed by atoms with van der Waals surface area (Å²) in [4.78, 5) is 11.6. The van der Waals surface area contributed by atoms with Gasteiger partial charge in [-0.1, -0.05) is 24.3 Å². The Labute approximate surface area is 93.6 Å². The first kappa shape index (κ1) is 12.5. The number of hydrogen-bond donors (Lipinski definition) is 3. The lowest BCUT2D eigenvalue weighted by atomic mass is 10.1. The quantitative estimate of drug-likeness (QED) is 0.708. The van der Waals surface area contributed by atoms with Gasteiger partial charge in [0.05, 0.1) is 19.3 Å². The fraction of sp³-hybridized carbons (Fsp3) is 0.364. The highest BCUT2D eigenvalue weighted by molar-refractivity contribution is 5.64. The van der Waals surface area contributed by atoms with Crippen molar-refractivity contribution < 1.29 is 20.1 Å². The lowest BCUT2D eigenvalue weighted by Crippen LogP contribution is -2.29. The molecule has 1 aromatic carbocycles. The Morgan fingerprint density at radius 1 is 1.38 bits per heavy atom. The van der Waals surface area contributed by atoms with Crippen LogP contribution in [0.25, 0.3) is 0 Å². The van der Waals surface area contributed by atoms with Crippen LogP contribution in [-0.4, -0.2) is 39.9 Å². The van der Waals surface area contributed by atoms with Gasteiger partial charge in [0.1, 0.15) is 0 Å². The van der Waals surface area contributed by atoms with Gasteiger partial charge in [-0.3, -0.25) is 0 Å². The molecule has 16 heavy (non-hydrogen) atoms. The van der Waals surface area contributed by atoms with Gasteiger partial charge in [0, 0.05) is 7.05 Å². The standard InChI is InChI=1S/C11H15NO4/c1-12(11(15)16)6-10(14)9-4-2-8(7-13)3-5-9/h2-5,10,13-14H,6-7H2,1H3,(H,15,16). The van der Waals surface area contributed by atoms with Gasteiger partial charge >= 0.3 is 6.09 Å². The van der Waals surface area contributed by atoms with Crippen molar-refractivity contribution in [3.05, 3.63) is 35.4 Å². The number of benzene rings is 1. The minimum atomic E-state index is -1.08. The number of carboxylic acid groups (broad SMARTS) is 1. The Morgan fingerprint density at radius 2 is 1.94 bits per heavy atom. The van der Waals surface area contributed by atoms with Crippen molar-refractivity contribution in [2.45, 2.75) is 12.7 Å². The van der Waals surface area contributed by atoms with Gasteiger partial charge in [-0.15, -0.1) is 0 Å². The average Bonchev–Trinajstić information content (AvgIpc) is 2.28. The van der Waals surface area contributed by atoms with Crippen LogP contribution in [0.15, 0.2) is 24.3 Å². The first-order chi connectivity index (χ1) is 7.54. The maximum atomic E-state index is 10.5. The molecule has 0 spiro atoms. The minimum Gasteiger partial charge on any atom is -0.465 e. The number of nitrogens with zero attached hydrogens (tertiary/aromatic N) is 1. The summed E-state index contributed by atoms with van der Waals surface area (Å²) in [5.41, 5.74) is 1.38. The Kier molecular flexibility index (Phi) is 4.28. The topological polar surface area (TPSA) is 81.0 Å². The number of amides is 1. The van der Waals surface area contributed by atoms with Gasteiger partial charge in [0.2, 0.25) is 0 Å². The van der Waals surface area contributed by atoms with Gasteiger partial charge in [0.15, 0.2) is 0 Å². The van der Waals surface area contributed by atoms with Crippen molar-refractivity contribution in [3.63, 3.8) is 0 Å². The van der Waals surface area contributed by atoms with Crippen molar-refractivity contribution in [1.29, 1.82) is 0 Å². The maximum absolute atomic E-state index is 10.5. The summed E-state index contributed by atoms with van der Waals surface area (Å²) in [6, 6.07) is 6.73. The molecule has 0 fully saturated rings. The largest absolute Gasteiger partial charge is 0.465 e. The molecule has 5 heteroatoms. The van der Waals surface area contributed by atoms with Crippen molar-refractivity contribution in [2.24, 2.45) is 0 Å². The van der Waals surface area contributed by atoms with Crippen LogP contribution in [0.1, 0.15) is 17.2 Å². The summed E-state index contributed by atoms with van der Waals surface area (Å²) in [5.74, 6) is 0. The highest BCUT2D eigenvalue weighted by atomic mass is 16.4. The van der Waals surface area contributed by atoms with Crippen LogP contribution in [-0.2, 0) is 6.61 Å². The minimum absolute atomic E-state index is 0.0216. The van der Waals surface area contributed by atoms with Gasteiger partial charge in [0.25, 0.3) is 0 Å². The molecule has 1 atom stereocenters. The molecule has 0 aliphatic heterocycles. The van der Waals surface area contributed by atoms with Crippen LogP contribution in [0.2, 0.25) is 0 Å². The lowest BCUT2D eigenvalue weighted by Gasteiger charge is -2.18. The second-order valence-corrected chi connectivity index (χ2v) is 3.58. The third-order valence-corrected chi connectivity index (χ3v) is 2.32. The number of carbonyl (C=O) groups is 1. The SMILES string of the molecule is CN(CC(O)c1ccc(CO)cc1)C(=O)O. The average molecular weight is 225 g/mol. The second-order valence-electron chi connectivity index (χ2n) is 3.58. The predicted molar refractivity (Wildman–Crippen MR) is 58.0 cm³/mol. The van der Waals surface area contributed by atoms with E-state index in [0.717, 1.165) is 10.5 Å². The summed E-state index contributed by atoms with van der Waals surface area (Å²) in [7, 11) is 1.40. The van der Waals surface area contributed by atoms with E-state index in [2.05, 4.69) is 0 Å². The third-order valence-electron chi connectivity index (χ3n) is 2.32. The van der Waals surface area contributed by atoms with Gasteiger partial charge in [-0.05, 0) is 11.1 Å². The fourth-order valence-corrected chi connectivity index (χ4v) is 1.29. The molecule has 1 aromatic rings. The molecular formula is C11H15NO4. The summed E-state index contributed by atoms with van der Waals surface area (Å²) >= 11 is 0. The van der Waals surface area contributed by atoms with E-state index in [1.807, 2.05) is 0 Å². The van der Waals surface area contributed by atoms with Crippen LogP contribution in [0.4, 0.5) is 4.79 Å². The van der Waals surface area contributed by atoms with Crippen LogP contribution >= 0.6 is 0 Å². The van der Waals surface area contributed by atoms with Crippen LogP contribution in [0.3, 0.4) is 0 Å². The highest BCUT2D eigenvalue weighted by Crippen LogP contribution is 2.14. The predicted octanol–water partition coefficient (Wildman–Crippen LogP) is 0.822. The summed E-state index contributed by atoms with van der Waals surface area (Å²) in [6.07, 6.45) is -1.93. The molecule has 0 heterocycles. The first-order valence-electron chi connectivity index (χ1n) is 4.86. The van der Waals surface area contributed by atoms with E-state index >= 15 is 0 Å². The molecule has 0 radical (unpaired) electrons. The fourth-order valence-electron chi connectivity index (χ4n) is 1.29. The Hall–Kier alpha value is -1.59. The molecule has 5 nitrogen and oxygen atoms in total. The van der Waals surface area contributed by atoms with Gasteiger partial charge in [-0.2, -0.15) is 0 Å². The summed E-state index contributed by atoms with van der Waals surface area (Å²) in [6.45, 7) is -0.0286. The molecule has 0 aromatic heterocycles. The second kappa shape index (κ2) is 5.48. The zero-order valence-corrected chi connectivity index (χ0v) is 9.00. The normalized spacial score (nSPS) is 12.2. The van der Waals surface area contributed by atoms with Crippen molar-refractivity contribution in [2.75, 3.05) is 13.6 Å².